The highest BCUT2D eigenvalue weighted by Crippen LogP contribution is 2.38. The molecule has 3 atom stereocenters. The highest BCUT2D eigenvalue weighted by Gasteiger charge is 2.41. The van der Waals surface area contributed by atoms with Crippen LogP contribution in [-0.2, 0) is 9.53 Å². The van der Waals surface area contributed by atoms with E-state index >= 15 is 0 Å². The second-order valence-corrected chi connectivity index (χ2v) is 7.52. The molecule has 1 saturated heterocycles. The SMILES string of the molecule is Cc1ccc(C(C)C)cc1O[C@H](C)C(=O)N[C@@H]1CCO[C@H]1C1CC1. The van der Waals surface area contributed by atoms with E-state index in [1.54, 1.807) is 0 Å². The van der Waals surface area contributed by atoms with Crippen molar-refractivity contribution in [2.75, 3.05) is 6.61 Å². The minimum absolute atomic E-state index is 0.0505. The Morgan fingerprint density at radius 1 is 1.25 bits per heavy atom. The van der Waals surface area contributed by atoms with Crippen molar-refractivity contribution in [3.63, 3.8) is 0 Å². The van der Waals surface area contributed by atoms with Crippen LogP contribution < -0.4 is 10.1 Å². The minimum atomic E-state index is -0.508. The van der Waals surface area contributed by atoms with Gasteiger partial charge in [-0.1, -0.05) is 26.0 Å². The maximum absolute atomic E-state index is 12.5. The molecule has 2 aliphatic rings. The molecule has 132 valence electrons. The highest BCUT2D eigenvalue weighted by atomic mass is 16.5. The number of nitrogens with one attached hydrogen (secondary N) is 1. The fourth-order valence-corrected chi connectivity index (χ4v) is 3.30. The molecule has 0 bridgehead atoms. The zero-order valence-corrected chi connectivity index (χ0v) is 15.2. The lowest BCUT2D eigenvalue weighted by molar-refractivity contribution is -0.128. The number of carbonyl (C=O) groups is 1. The zero-order valence-electron chi connectivity index (χ0n) is 15.2. The van der Waals surface area contributed by atoms with Gasteiger partial charge in [0.1, 0.15) is 5.75 Å². The molecule has 1 heterocycles. The Hall–Kier alpha value is -1.55. The van der Waals surface area contributed by atoms with Crippen LogP contribution in [0.5, 0.6) is 5.75 Å². The Kier molecular flexibility index (Phi) is 5.14. The lowest BCUT2D eigenvalue weighted by Crippen LogP contribution is -2.46. The molecule has 4 heteroatoms. The quantitative estimate of drug-likeness (QED) is 0.867. The lowest BCUT2D eigenvalue weighted by Gasteiger charge is -2.23. The van der Waals surface area contributed by atoms with E-state index in [1.165, 1.54) is 18.4 Å². The van der Waals surface area contributed by atoms with Crippen LogP contribution in [0.1, 0.15) is 57.1 Å². The summed E-state index contributed by atoms with van der Waals surface area (Å²) in [6.45, 7) is 8.89. The summed E-state index contributed by atoms with van der Waals surface area (Å²) in [5, 5.41) is 3.14. The summed E-state index contributed by atoms with van der Waals surface area (Å²) in [5.41, 5.74) is 2.28. The number of hydrogen-bond acceptors (Lipinski definition) is 3. The largest absolute Gasteiger partial charge is 0.481 e. The number of carbonyl (C=O) groups excluding carboxylic acids is 1. The molecular formula is C20H29NO3. The van der Waals surface area contributed by atoms with Crippen molar-refractivity contribution < 1.29 is 14.3 Å². The molecule has 24 heavy (non-hydrogen) atoms. The average Bonchev–Trinajstić information content (AvgIpc) is 3.29. The predicted octanol–water partition coefficient (Wildman–Crippen LogP) is 3.57. The molecule has 1 saturated carbocycles. The Morgan fingerprint density at radius 2 is 2.00 bits per heavy atom. The van der Waals surface area contributed by atoms with Gasteiger partial charge in [-0.2, -0.15) is 0 Å². The zero-order chi connectivity index (χ0) is 17.3. The second-order valence-electron chi connectivity index (χ2n) is 7.52. The van der Waals surface area contributed by atoms with E-state index in [0.717, 1.165) is 24.3 Å². The van der Waals surface area contributed by atoms with Crippen LogP contribution in [0.25, 0.3) is 0 Å². The van der Waals surface area contributed by atoms with Crippen molar-refractivity contribution in [1.29, 1.82) is 0 Å². The molecule has 0 unspecified atom stereocenters. The smallest absolute Gasteiger partial charge is 0.261 e. The molecule has 0 radical (unpaired) electrons. The summed E-state index contributed by atoms with van der Waals surface area (Å²) in [7, 11) is 0. The van der Waals surface area contributed by atoms with Crippen molar-refractivity contribution >= 4 is 5.91 Å². The molecule has 2 fully saturated rings. The molecule has 1 aromatic rings. The van der Waals surface area contributed by atoms with Crippen molar-refractivity contribution in [2.45, 2.75) is 71.1 Å². The van der Waals surface area contributed by atoms with Gasteiger partial charge in [0.2, 0.25) is 0 Å². The topological polar surface area (TPSA) is 47.6 Å². The summed E-state index contributed by atoms with van der Waals surface area (Å²) in [6.07, 6.45) is 3.05. The average molecular weight is 331 g/mol. The number of amides is 1. The standard InChI is InChI=1S/C20H29NO3/c1-12(2)16-6-5-13(3)18(11-16)24-14(4)20(22)21-17-9-10-23-19(17)15-7-8-15/h5-6,11-12,14-15,17,19H,7-10H2,1-4H3,(H,21,22)/t14-,17-,19+/m1/s1. The van der Waals surface area contributed by atoms with Crippen LogP contribution in [0.3, 0.4) is 0 Å². The van der Waals surface area contributed by atoms with E-state index in [1.807, 2.05) is 13.8 Å². The van der Waals surface area contributed by atoms with Gasteiger partial charge in [-0.25, -0.2) is 0 Å². The third-order valence-corrected chi connectivity index (χ3v) is 5.10. The van der Waals surface area contributed by atoms with E-state index in [-0.39, 0.29) is 18.1 Å². The minimum Gasteiger partial charge on any atom is -0.481 e. The monoisotopic (exact) mass is 331 g/mol. The molecule has 0 spiro atoms. The van der Waals surface area contributed by atoms with E-state index in [2.05, 4.69) is 37.4 Å². The van der Waals surface area contributed by atoms with Gasteiger partial charge in [-0.05, 0) is 62.1 Å². The normalized spacial score (nSPS) is 24.9. The van der Waals surface area contributed by atoms with Gasteiger partial charge >= 0.3 is 0 Å². The second kappa shape index (κ2) is 7.14. The highest BCUT2D eigenvalue weighted by molar-refractivity contribution is 5.81. The molecule has 1 aliphatic heterocycles. The van der Waals surface area contributed by atoms with Crippen LogP contribution in [0.15, 0.2) is 18.2 Å². The first-order valence-electron chi connectivity index (χ1n) is 9.15. The Morgan fingerprint density at radius 3 is 2.67 bits per heavy atom. The number of ether oxygens (including phenoxy) is 2. The molecule has 1 amide bonds. The number of hydrogen-bond donors (Lipinski definition) is 1. The van der Waals surface area contributed by atoms with Crippen LogP contribution in [0.2, 0.25) is 0 Å². The third kappa shape index (κ3) is 3.92. The molecular weight excluding hydrogens is 302 g/mol. The van der Waals surface area contributed by atoms with Gasteiger partial charge in [-0.3, -0.25) is 4.79 Å². The summed E-state index contributed by atoms with van der Waals surface area (Å²) in [6, 6.07) is 6.37. The number of rotatable bonds is 6. The van der Waals surface area contributed by atoms with Crippen molar-refractivity contribution in [3.8, 4) is 5.75 Å². The molecule has 3 rings (SSSR count). The van der Waals surface area contributed by atoms with Crippen LogP contribution in [0, 0.1) is 12.8 Å². The van der Waals surface area contributed by atoms with E-state index in [0.29, 0.717) is 11.8 Å². The fourth-order valence-electron chi connectivity index (χ4n) is 3.30. The Bertz CT molecular complexity index is 595. The first-order chi connectivity index (χ1) is 11.5. The Balaban J connectivity index is 1.60. The van der Waals surface area contributed by atoms with Crippen LogP contribution in [-0.4, -0.2) is 30.8 Å². The number of benzene rings is 1. The first kappa shape index (κ1) is 17.3. The van der Waals surface area contributed by atoms with Gasteiger partial charge in [0.15, 0.2) is 6.10 Å². The lowest BCUT2D eigenvalue weighted by atomic mass is 10.0. The van der Waals surface area contributed by atoms with E-state index < -0.39 is 6.10 Å². The summed E-state index contributed by atoms with van der Waals surface area (Å²) >= 11 is 0. The van der Waals surface area contributed by atoms with Crippen molar-refractivity contribution in [3.05, 3.63) is 29.3 Å². The van der Waals surface area contributed by atoms with Crippen LogP contribution in [0.4, 0.5) is 0 Å². The van der Waals surface area contributed by atoms with E-state index in [4.69, 9.17) is 9.47 Å². The molecule has 4 nitrogen and oxygen atoms in total. The molecule has 1 aliphatic carbocycles. The maximum Gasteiger partial charge on any atom is 0.261 e. The predicted molar refractivity (Wildman–Crippen MR) is 94.4 cm³/mol. The van der Waals surface area contributed by atoms with Crippen molar-refractivity contribution in [1.82, 2.24) is 5.32 Å². The molecule has 1 aromatic carbocycles. The van der Waals surface area contributed by atoms with Gasteiger partial charge in [0.25, 0.3) is 5.91 Å². The van der Waals surface area contributed by atoms with Gasteiger partial charge in [0.05, 0.1) is 12.1 Å². The van der Waals surface area contributed by atoms with Gasteiger partial charge < -0.3 is 14.8 Å². The molecule has 0 aromatic heterocycles. The maximum atomic E-state index is 12.5. The van der Waals surface area contributed by atoms with E-state index in [9.17, 15) is 4.79 Å². The van der Waals surface area contributed by atoms with Gasteiger partial charge in [0, 0.05) is 6.61 Å². The van der Waals surface area contributed by atoms with Gasteiger partial charge in [-0.15, -0.1) is 0 Å². The third-order valence-electron chi connectivity index (χ3n) is 5.10. The molecule has 1 N–H and O–H groups in total. The number of aryl methyl sites for hydroxylation is 1. The van der Waals surface area contributed by atoms with Crippen molar-refractivity contribution in [2.24, 2.45) is 5.92 Å². The first-order valence-corrected chi connectivity index (χ1v) is 9.15. The van der Waals surface area contributed by atoms with Crippen LogP contribution >= 0.6 is 0 Å². The summed E-state index contributed by atoms with van der Waals surface area (Å²) in [4.78, 5) is 12.5. The Labute approximate surface area is 144 Å². The fraction of sp³-hybridized carbons (Fsp3) is 0.650. The summed E-state index contributed by atoms with van der Waals surface area (Å²) in [5.74, 6) is 1.82. The summed E-state index contributed by atoms with van der Waals surface area (Å²) < 4.78 is 11.8.